The molecule has 1 atom stereocenters. The van der Waals surface area contributed by atoms with Crippen molar-refractivity contribution in [2.24, 2.45) is 5.41 Å². The molecule has 0 amide bonds. The number of hydrogen-bond acceptors (Lipinski definition) is 5. The quantitative estimate of drug-likeness (QED) is 0.187. The van der Waals surface area contributed by atoms with Gasteiger partial charge in [0.05, 0.1) is 5.69 Å². The summed E-state index contributed by atoms with van der Waals surface area (Å²) in [5, 5.41) is 8.81. The fraction of sp³-hybridized carbons (Fsp3) is 0.167. The van der Waals surface area contributed by atoms with E-state index >= 15 is 0 Å². The van der Waals surface area contributed by atoms with E-state index in [1.54, 1.807) is 11.8 Å². The SMILES string of the molecule is C=C1/C=C\C=C/Sc2c1cccc2-c1cc(Nc2cc3c(cc2C2=CCC4OC5=C(C=CCC5)C(C)(C)C4=C2)C(C)(C)c2ccccc2O3)cc(-c2cccc3c2sc2ccccc23)c1. The fourth-order valence-electron chi connectivity index (χ4n) is 10.7. The molecule has 5 heteroatoms. The van der Waals surface area contributed by atoms with E-state index in [2.05, 4.69) is 203 Å². The Morgan fingerprint density at radius 1 is 0.708 bits per heavy atom. The first-order chi connectivity index (χ1) is 31.6. The highest BCUT2D eigenvalue weighted by Crippen LogP contribution is 2.54. The van der Waals surface area contributed by atoms with Crippen LogP contribution in [0.3, 0.4) is 0 Å². The van der Waals surface area contributed by atoms with Crippen molar-refractivity contribution in [3.63, 3.8) is 0 Å². The highest BCUT2D eigenvalue weighted by Gasteiger charge is 2.42. The topological polar surface area (TPSA) is 30.5 Å². The van der Waals surface area contributed by atoms with E-state index in [1.807, 2.05) is 11.3 Å². The van der Waals surface area contributed by atoms with Crippen LogP contribution in [0.1, 0.15) is 69.2 Å². The number of benzene rings is 6. The number of para-hydroxylation sites is 1. The minimum absolute atomic E-state index is 0.0279. The third-order valence-corrected chi connectivity index (χ3v) is 16.4. The van der Waals surface area contributed by atoms with Gasteiger partial charge in [-0.15, -0.1) is 11.3 Å². The summed E-state index contributed by atoms with van der Waals surface area (Å²) in [4.78, 5) is 1.20. The molecule has 318 valence electrons. The molecule has 1 N–H and O–H groups in total. The van der Waals surface area contributed by atoms with Gasteiger partial charge in [-0.1, -0.05) is 161 Å². The Morgan fingerprint density at radius 3 is 2.40 bits per heavy atom. The normalized spacial score (nSPS) is 19.8. The summed E-state index contributed by atoms with van der Waals surface area (Å²) in [6, 6.07) is 42.3. The Hall–Kier alpha value is -6.53. The van der Waals surface area contributed by atoms with Gasteiger partial charge >= 0.3 is 0 Å². The monoisotopic (exact) mass is 879 g/mol. The summed E-state index contributed by atoms with van der Waals surface area (Å²) in [6.45, 7) is 13.9. The van der Waals surface area contributed by atoms with Crippen molar-refractivity contribution in [1.82, 2.24) is 0 Å². The number of rotatable bonds is 5. The summed E-state index contributed by atoms with van der Waals surface area (Å²) < 4.78 is 16.2. The second kappa shape index (κ2) is 15.3. The molecule has 1 aromatic heterocycles. The van der Waals surface area contributed by atoms with E-state index in [-0.39, 0.29) is 16.9 Å². The molecule has 12 rings (SSSR count). The Morgan fingerprint density at radius 2 is 1.49 bits per heavy atom. The van der Waals surface area contributed by atoms with Crippen LogP contribution in [0.5, 0.6) is 11.5 Å². The molecule has 4 heterocycles. The Bertz CT molecular complexity index is 3380. The van der Waals surface area contributed by atoms with Gasteiger partial charge in [-0.25, -0.2) is 0 Å². The smallest absolute Gasteiger partial charge is 0.133 e. The molecule has 3 aliphatic heterocycles. The van der Waals surface area contributed by atoms with Crippen LogP contribution < -0.4 is 10.1 Å². The molecule has 6 aromatic carbocycles. The van der Waals surface area contributed by atoms with Gasteiger partial charge in [0.1, 0.15) is 23.4 Å². The van der Waals surface area contributed by atoms with Crippen molar-refractivity contribution in [2.75, 3.05) is 5.32 Å². The molecule has 0 bridgehead atoms. The second-order valence-corrected chi connectivity index (χ2v) is 20.8. The molecule has 0 saturated carbocycles. The van der Waals surface area contributed by atoms with Gasteiger partial charge in [0.25, 0.3) is 0 Å². The number of fused-ring (bicyclic) bond motifs is 7. The van der Waals surface area contributed by atoms with Crippen LogP contribution in [0.25, 0.3) is 53.6 Å². The lowest BCUT2D eigenvalue weighted by molar-refractivity contribution is 0.0987. The number of thiophene rings is 1. The van der Waals surface area contributed by atoms with Crippen molar-refractivity contribution < 1.29 is 9.47 Å². The average Bonchev–Trinajstić information content (AvgIpc) is 3.70. The number of anilines is 2. The molecule has 65 heavy (non-hydrogen) atoms. The summed E-state index contributed by atoms with van der Waals surface area (Å²) in [5.41, 5.74) is 15.7. The van der Waals surface area contributed by atoms with E-state index in [4.69, 9.17) is 9.47 Å². The molecule has 0 spiro atoms. The molecule has 5 aliphatic rings. The lowest BCUT2D eigenvalue weighted by Gasteiger charge is -2.44. The molecule has 1 unspecified atom stereocenters. The zero-order valence-electron chi connectivity index (χ0n) is 37.1. The molecule has 0 fully saturated rings. The molecule has 0 saturated heterocycles. The van der Waals surface area contributed by atoms with Gasteiger partial charge < -0.3 is 14.8 Å². The summed E-state index contributed by atoms with van der Waals surface area (Å²) >= 11 is 3.62. The van der Waals surface area contributed by atoms with Gasteiger partial charge in [0, 0.05) is 77.2 Å². The van der Waals surface area contributed by atoms with Crippen LogP contribution in [0.2, 0.25) is 0 Å². The van der Waals surface area contributed by atoms with Gasteiger partial charge in [-0.05, 0) is 98.3 Å². The Kier molecular flexibility index (Phi) is 9.41. The van der Waals surface area contributed by atoms with Gasteiger partial charge in [0.2, 0.25) is 0 Å². The van der Waals surface area contributed by atoms with E-state index in [9.17, 15) is 0 Å². The first-order valence-corrected chi connectivity index (χ1v) is 24.4. The van der Waals surface area contributed by atoms with Crippen LogP contribution in [0.15, 0.2) is 192 Å². The molecular formula is C60H49NO2S2. The zero-order valence-corrected chi connectivity index (χ0v) is 38.8. The van der Waals surface area contributed by atoms with Crippen molar-refractivity contribution >= 4 is 65.8 Å². The minimum Gasteiger partial charge on any atom is -0.490 e. The maximum absolute atomic E-state index is 6.84. The first kappa shape index (κ1) is 40.0. The van der Waals surface area contributed by atoms with Crippen molar-refractivity contribution in [2.45, 2.75) is 63.4 Å². The highest BCUT2D eigenvalue weighted by atomic mass is 32.2. The maximum atomic E-state index is 6.84. The van der Waals surface area contributed by atoms with E-state index in [1.165, 1.54) is 64.0 Å². The average molecular weight is 880 g/mol. The standard InChI is InChI=1S/C60H49NO2S2/c1-36-16-12-13-29-64-57-41(36)18-14-19-42(57)38-30-39(43-20-15-21-45-44-17-6-11-26-56(44)65-58(43)45)32-40(31-38)61-51-35-55-50(60(4,5)48-23-8-10-25-53(48)63-55)34-46(51)37-27-28-54-49(33-37)59(2,3)47-22-7-9-24-52(47)62-54/h6-8,10-23,25-27,29-35,54,61H,1,9,24,28H2,2-5H3/b16-12-,29-13-. The van der Waals surface area contributed by atoms with Crippen molar-refractivity contribution in [3.05, 3.63) is 209 Å². The molecule has 3 nitrogen and oxygen atoms in total. The first-order valence-electron chi connectivity index (χ1n) is 22.7. The molecule has 7 aromatic rings. The number of hydrogen-bond donors (Lipinski definition) is 1. The van der Waals surface area contributed by atoms with E-state index in [0.29, 0.717) is 0 Å². The van der Waals surface area contributed by atoms with Gasteiger partial charge in [-0.2, -0.15) is 0 Å². The van der Waals surface area contributed by atoms with E-state index in [0.717, 1.165) is 75.7 Å². The minimum atomic E-state index is -0.284. The zero-order chi connectivity index (χ0) is 44.0. The molecule has 0 radical (unpaired) electrons. The number of thioether (sulfide) groups is 1. The predicted octanol–water partition coefficient (Wildman–Crippen LogP) is 17.5. The number of allylic oxidation sites excluding steroid dienone is 10. The third-order valence-electron chi connectivity index (χ3n) is 14.2. The number of ether oxygens (including phenoxy) is 2. The van der Waals surface area contributed by atoms with Crippen LogP contribution in [-0.2, 0) is 10.2 Å². The predicted molar refractivity (Wildman–Crippen MR) is 276 cm³/mol. The number of nitrogens with one attached hydrogen (secondary N) is 1. The lowest BCUT2D eigenvalue weighted by atomic mass is 9.68. The van der Waals surface area contributed by atoms with Crippen LogP contribution >= 0.6 is 23.1 Å². The third kappa shape index (κ3) is 6.62. The summed E-state index contributed by atoms with van der Waals surface area (Å²) in [7, 11) is 0. The van der Waals surface area contributed by atoms with Gasteiger partial charge in [-0.3, -0.25) is 0 Å². The highest BCUT2D eigenvalue weighted by molar-refractivity contribution is 8.02. The summed E-state index contributed by atoms with van der Waals surface area (Å²) in [5.74, 6) is 2.93. The van der Waals surface area contributed by atoms with Crippen LogP contribution in [0, 0.1) is 5.41 Å². The largest absolute Gasteiger partial charge is 0.490 e. The van der Waals surface area contributed by atoms with Crippen LogP contribution in [0.4, 0.5) is 11.4 Å². The Balaban J connectivity index is 1.06. The maximum Gasteiger partial charge on any atom is 0.133 e. The second-order valence-electron chi connectivity index (χ2n) is 18.8. The molecule has 2 aliphatic carbocycles. The fourth-order valence-corrected chi connectivity index (χ4v) is 12.9. The van der Waals surface area contributed by atoms with Gasteiger partial charge in [0.15, 0.2) is 0 Å². The van der Waals surface area contributed by atoms with Crippen molar-refractivity contribution in [1.29, 1.82) is 0 Å². The van der Waals surface area contributed by atoms with Crippen LogP contribution in [-0.4, -0.2) is 6.10 Å². The van der Waals surface area contributed by atoms with E-state index < -0.39 is 0 Å². The molecular weight excluding hydrogens is 831 g/mol. The lowest BCUT2D eigenvalue weighted by Crippen LogP contribution is -2.36. The Labute approximate surface area is 389 Å². The summed E-state index contributed by atoms with van der Waals surface area (Å²) in [6.07, 6.45) is 18.5. The van der Waals surface area contributed by atoms with Crippen molar-refractivity contribution in [3.8, 4) is 33.8 Å².